The lowest BCUT2D eigenvalue weighted by Gasteiger charge is -1.94. The van der Waals surface area contributed by atoms with E-state index in [4.69, 9.17) is 16.7 Å². The zero-order valence-electron chi connectivity index (χ0n) is 5.70. The van der Waals surface area contributed by atoms with Gasteiger partial charge in [0.05, 0.1) is 5.88 Å². The van der Waals surface area contributed by atoms with Crippen LogP contribution >= 0.6 is 11.6 Å². The van der Waals surface area contributed by atoms with E-state index in [1.807, 2.05) is 0 Å². The van der Waals surface area contributed by atoms with Crippen LogP contribution in [-0.4, -0.2) is 35.6 Å². The molecule has 0 amide bonds. The molecule has 0 rings (SSSR count). The maximum Gasteiger partial charge on any atom is 0.361 e. The number of alkyl halides is 1. The molecule has 0 saturated carbocycles. The molecule has 0 heterocycles. The molecular weight excluding hydrogens is 174 g/mol. The van der Waals surface area contributed by atoms with Crippen LogP contribution in [0.4, 0.5) is 0 Å². The smallest absolute Gasteiger partial charge is 0.361 e. The van der Waals surface area contributed by atoms with Crippen molar-refractivity contribution in [2.75, 3.05) is 13.0 Å². The molecule has 0 fully saturated rings. The Morgan fingerprint density at radius 1 is 1.64 bits per heavy atom. The second-order valence-electron chi connectivity index (χ2n) is 1.48. The van der Waals surface area contributed by atoms with Crippen LogP contribution < -0.4 is 0 Å². The highest BCUT2D eigenvalue weighted by Crippen LogP contribution is 1.87. The Balaban J connectivity index is 4.48. The molecule has 0 aromatic carbocycles. The number of oxime groups is 1. The van der Waals surface area contributed by atoms with Gasteiger partial charge in [0.2, 0.25) is 11.5 Å². The summed E-state index contributed by atoms with van der Waals surface area (Å²) in [7, 11) is 1.14. The molecule has 0 aromatic heterocycles. The van der Waals surface area contributed by atoms with Gasteiger partial charge in [0.1, 0.15) is 7.11 Å². The Labute approximate surface area is 67.6 Å². The first-order chi connectivity index (χ1) is 5.13. The SMILES string of the molecule is CON=C(C(=O)O)C(=O)CCl. The van der Waals surface area contributed by atoms with Crippen LogP contribution in [0.3, 0.4) is 0 Å². The van der Waals surface area contributed by atoms with E-state index in [-0.39, 0.29) is 0 Å². The minimum atomic E-state index is -1.45. The van der Waals surface area contributed by atoms with Crippen LogP contribution in [0.1, 0.15) is 0 Å². The minimum absolute atomic E-state index is 0.422. The van der Waals surface area contributed by atoms with Crippen molar-refractivity contribution in [3.63, 3.8) is 0 Å². The predicted octanol–water partition coefficient (Wildman–Crippen LogP) is -0.119. The number of hydrogen-bond acceptors (Lipinski definition) is 4. The molecule has 1 N–H and O–H groups in total. The van der Waals surface area contributed by atoms with Crippen molar-refractivity contribution in [2.24, 2.45) is 5.16 Å². The fourth-order valence-electron chi connectivity index (χ4n) is 0.364. The highest BCUT2D eigenvalue weighted by Gasteiger charge is 2.18. The van der Waals surface area contributed by atoms with Gasteiger partial charge in [0.15, 0.2) is 0 Å². The Bertz CT molecular complexity index is 201. The number of Topliss-reactive ketones (excluding diaryl/α,β-unsaturated/α-hetero) is 1. The van der Waals surface area contributed by atoms with Crippen LogP contribution in [-0.2, 0) is 14.4 Å². The van der Waals surface area contributed by atoms with Crippen molar-refractivity contribution in [3.8, 4) is 0 Å². The predicted molar refractivity (Wildman–Crippen MR) is 37.8 cm³/mol. The summed E-state index contributed by atoms with van der Waals surface area (Å²) >= 11 is 5.08. The van der Waals surface area contributed by atoms with Crippen molar-refractivity contribution in [1.29, 1.82) is 0 Å². The average molecular weight is 180 g/mol. The molecule has 62 valence electrons. The summed E-state index contributed by atoms with van der Waals surface area (Å²) in [6.45, 7) is 0. The van der Waals surface area contributed by atoms with E-state index in [0.717, 1.165) is 7.11 Å². The Morgan fingerprint density at radius 3 is 2.45 bits per heavy atom. The first-order valence-electron chi connectivity index (χ1n) is 2.57. The number of hydrogen-bond donors (Lipinski definition) is 1. The second-order valence-corrected chi connectivity index (χ2v) is 1.75. The van der Waals surface area contributed by atoms with Crippen LogP contribution in [0.25, 0.3) is 0 Å². The van der Waals surface area contributed by atoms with Gasteiger partial charge >= 0.3 is 5.97 Å². The van der Waals surface area contributed by atoms with Gasteiger partial charge in [-0.05, 0) is 0 Å². The molecule has 11 heavy (non-hydrogen) atoms. The standard InChI is InChI=1S/C5H6ClNO4/c1-11-7-4(5(9)10)3(8)2-6/h2H2,1H3,(H,9,10). The van der Waals surface area contributed by atoms with Crippen molar-refractivity contribution in [2.45, 2.75) is 0 Å². The fraction of sp³-hybridized carbons (Fsp3) is 0.400. The van der Waals surface area contributed by atoms with Crippen molar-refractivity contribution >= 4 is 29.1 Å². The summed E-state index contributed by atoms with van der Waals surface area (Å²) in [5.74, 6) is -2.65. The molecule has 0 atom stereocenters. The minimum Gasteiger partial charge on any atom is -0.476 e. The van der Waals surface area contributed by atoms with Gasteiger partial charge in [-0.25, -0.2) is 4.79 Å². The van der Waals surface area contributed by atoms with Gasteiger partial charge in [-0.15, -0.1) is 11.6 Å². The van der Waals surface area contributed by atoms with Crippen LogP contribution in [0.2, 0.25) is 0 Å². The summed E-state index contributed by atoms with van der Waals surface area (Å²) in [5, 5.41) is 11.3. The molecular formula is C5H6ClNO4. The van der Waals surface area contributed by atoms with Crippen LogP contribution in [0.5, 0.6) is 0 Å². The Morgan fingerprint density at radius 2 is 2.18 bits per heavy atom. The second kappa shape index (κ2) is 4.68. The van der Waals surface area contributed by atoms with Gasteiger partial charge in [-0.3, -0.25) is 4.79 Å². The lowest BCUT2D eigenvalue weighted by Crippen LogP contribution is -2.25. The van der Waals surface area contributed by atoms with E-state index in [0.29, 0.717) is 0 Å². The van der Waals surface area contributed by atoms with Crippen molar-refractivity contribution in [1.82, 2.24) is 0 Å². The van der Waals surface area contributed by atoms with Gasteiger partial charge in [-0.2, -0.15) is 0 Å². The quantitative estimate of drug-likeness (QED) is 0.283. The number of nitrogens with zero attached hydrogens (tertiary/aromatic N) is 1. The topological polar surface area (TPSA) is 76.0 Å². The van der Waals surface area contributed by atoms with E-state index in [9.17, 15) is 9.59 Å². The highest BCUT2D eigenvalue weighted by molar-refractivity contribution is 6.67. The molecule has 0 bridgehead atoms. The lowest BCUT2D eigenvalue weighted by atomic mass is 10.3. The number of aliphatic carboxylic acids is 1. The normalized spacial score (nSPS) is 10.9. The fourth-order valence-corrected chi connectivity index (χ4v) is 0.490. The number of carboxylic acid groups (broad SMARTS) is 1. The van der Waals surface area contributed by atoms with E-state index < -0.39 is 23.3 Å². The third-order valence-electron chi connectivity index (χ3n) is 0.771. The van der Waals surface area contributed by atoms with E-state index in [1.165, 1.54) is 0 Å². The Hall–Kier alpha value is -1.10. The highest BCUT2D eigenvalue weighted by atomic mass is 35.5. The molecule has 0 aliphatic rings. The third-order valence-corrected chi connectivity index (χ3v) is 1.01. The third kappa shape index (κ3) is 2.99. The first-order valence-corrected chi connectivity index (χ1v) is 3.10. The molecule has 6 heteroatoms. The maximum atomic E-state index is 10.6. The number of ketones is 1. The molecule has 0 radical (unpaired) electrons. The summed E-state index contributed by atoms with van der Waals surface area (Å²) < 4.78 is 0. The molecule has 0 aliphatic carbocycles. The number of carboxylic acids is 1. The average Bonchev–Trinajstić information content (AvgIpc) is 1.98. The van der Waals surface area contributed by atoms with Gasteiger partial charge in [0.25, 0.3) is 0 Å². The molecule has 0 unspecified atom stereocenters. The number of halogens is 1. The number of rotatable bonds is 4. The van der Waals surface area contributed by atoms with E-state index in [1.54, 1.807) is 0 Å². The van der Waals surface area contributed by atoms with E-state index >= 15 is 0 Å². The van der Waals surface area contributed by atoms with E-state index in [2.05, 4.69) is 9.99 Å². The number of carbonyl (C=O) groups is 2. The van der Waals surface area contributed by atoms with Gasteiger partial charge < -0.3 is 9.94 Å². The van der Waals surface area contributed by atoms with Crippen LogP contribution in [0, 0.1) is 0 Å². The van der Waals surface area contributed by atoms with Crippen molar-refractivity contribution < 1.29 is 19.5 Å². The maximum absolute atomic E-state index is 10.6. The summed E-state index contributed by atoms with van der Waals surface area (Å²) in [6, 6.07) is 0. The van der Waals surface area contributed by atoms with Gasteiger partial charge in [-0.1, -0.05) is 5.16 Å². The zero-order chi connectivity index (χ0) is 8.85. The monoisotopic (exact) mass is 179 g/mol. The summed E-state index contributed by atoms with van der Waals surface area (Å²) in [6.07, 6.45) is 0. The van der Waals surface area contributed by atoms with Crippen LogP contribution in [0.15, 0.2) is 5.16 Å². The Kier molecular flexibility index (Phi) is 4.21. The first kappa shape index (κ1) is 9.90. The van der Waals surface area contributed by atoms with Gasteiger partial charge in [0, 0.05) is 0 Å². The van der Waals surface area contributed by atoms with Crippen molar-refractivity contribution in [3.05, 3.63) is 0 Å². The molecule has 0 spiro atoms. The lowest BCUT2D eigenvalue weighted by molar-refractivity contribution is -0.130. The summed E-state index contributed by atoms with van der Waals surface area (Å²) in [4.78, 5) is 24.9. The number of carbonyl (C=O) groups excluding carboxylic acids is 1. The zero-order valence-corrected chi connectivity index (χ0v) is 6.46. The summed E-state index contributed by atoms with van der Waals surface area (Å²) in [5.41, 5.74) is -0.692. The molecule has 0 saturated heterocycles. The largest absolute Gasteiger partial charge is 0.476 e. The molecule has 5 nitrogen and oxygen atoms in total. The molecule has 0 aliphatic heterocycles. The molecule has 0 aromatic rings.